The predicted octanol–water partition coefficient (Wildman–Crippen LogP) is 1.57. The molecule has 0 aromatic heterocycles. The van der Waals surface area contributed by atoms with Gasteiger partial charge in [0.25, 0.3) is 5.91 Å². The second-order valence-electron chi connectivity index (χ2n) is 4.78. The standard InChI is InChI=1S/C15H22N2O4.ClH/c1-19-12-6-5-11(13(20-2)14(12)21-3)15(18)17-9-4-7-16-8-10-17;/h5-6,16H,4,7-10H2,1-3H3;1H. The first-order chi connectivity index (χ1) is 10.2. The number of nitrogens with one attached hydrogen (secondary N) is 1. The number of benzene rings is 1. The predicted molar refractivity (Wildman–Crippen MR) is 86.7 cm³/mol. The van der Waals surface area contributed by atoms with Crippen LogP contribution in [0.1, 0.15) is 16.8 Å². The Morgan fingerprint density at radius 3 is 2.41 bits per heavy atom. The third-order valence-electron chi connectivity index (χ3n) is 3.56. The third-order valence-corrected chi connectivity index (χ3v) is 3.56. The number of halogens is 1. The molecular weight excluding hydrogens is 308 g/mol. The third kappa shape index (κ3) is 3.75. The maximum absolute atomic E-state index is 12.7. The molecule has 0 atom stereocenters. The van der Waals surface area contributed by atoms with Crippen LogP contribution in [-0.4, -0.2) is 58.3 Å². The van der Waals surface area contributed by atoms with Crippen molar-refractivity contribution in [1.82, 2.24) is 10.2 Å². The zero-order valence-electron chi connectivity index (χ0n) is 13.2. The molecule has 0 unspecified atom stereocenters. The molecule has 0 aliphatic carbocycles. The van der Waals surface area contributed by atoms with Crippen molar-refractivity contribution in [1.29, 1.82) is 0 Å². The van der Waals surface area contributed by atoms with E-state index in [0.29, 0.717) is 29.4 Å². The van der Waals surface area contributed by atoms with Gasteiger partial charge in [-0.2, -0.15) is 0 Å². The number of methoxy groups -OCH3 is 3. The summed E-state index contributed by atoms with van der Waals surface area (Å²) in [5.41, 5.74) is 0.497. The van der Waals surface area contributed by atoms with Gasteiger partial charge in [-0.3, -0.25) is 4.79 Å². The van der Waals surface area contributed by atoms with E-state index in [1.54, 1.807) is 19.2 Å². The number of ether oxygens (including phenoxy) is 3. The molecule has 1 heterocycles. The van der Waals surface area contributed by atoms with E-state index in [1.807, 2.05) is 4.90 Å². The van der Waals surface area contributed by atoms with Crippen molar-refractivity contribution >= 4 is 18.3 Å². The van der Waals surface area contributed by atoms with Gasteiger partial charge in [-0.15, -0.1) is 12.4 Å². The Morgan fingerprint density at radius 2 is 1.77 bits per heavy atom. The van der Waals surface area contributed by atoms with Crippen LogP contribution in [0.2, 0.25) is 0 Å². The molecule has 1 aromatic carbocycles. The molecule has 0 spiro atoms. The molecule has 2 rings (SSSR count). The topological polar surface area (TPSA) is 60.0 Å². The summed E-state index contributed by atoms with van der Waals surface area (Å²) in [7, 11) is 4.61. The lowest BCUT2D eigenvalue weighted by atomic mass is 10.1. The van der Waals surface area contributed by atoms with Gasteiger partial charge in [0.15, 0.2) is 11.5 Å². The molecule has 1 N–H and O–H groups in total. The van der Waals surface area contributed by atoms with Crippen LogP contribution < -0.4 is 19.5 Å². The molecule has 1 aromatic rings. The van der Waals surface area contributed by atoms with E-state index >= 15 is 0 Å². The SMILES string of the molecule is COc1ccc(C(=O)N2CCCNCC2)c(OC)c1OC.Cl. The number of carbonyl (C=O) groups excluding carboxylic acids is 1. The monoisotopic (exact) mass is 330 g/mol. The van der Waals surface area contributed by atoms with Gasteiger partial charge in [0.2, 0.25) is 5.75 Å². The maximum Gasteiger partial charge on any atom is 0.257 e. The molecule has 7 heteroatoms. The quantitative estimate of drug-likeness (QED) is 0.908. The van der Waals surface area contributed by atoms with Crippen molar-refractivity contribution in [2.24, 2.45) is 0 Å². The number of carbonyl (C=O) groups is 1. The average Bonchev–Trinajstić information content (AvgIpc) is 2.81. The zero-order chi connectivity index (χ0) is 15.2. The Labute approximate surface area is 137 Å². The summed E-state index contributed by atoms with van der Waals surface area (Å²) < 4.78 is 16.0. The molecule has 1 aliphatic rings. The normalized spacial score (nSPS) is 14.6. The Kier molecular flexibility index (Phi) is 7.27. The van der Waals surface area contributed by atoms with E-state index in [4.69, 9.17) is 14.2 Å². The molecule has 124 valence electrons. The van der Waals surface area contributed by atoms with Gasteiger partial charge < -0.3 is 24.4 Å². The van der Waals surface area contributed by atoms with E-state index in [2.05, 4.69) is 5.32 Å². The van der Waals surface area contributed by atoms with Gasteiger partial charge in [-0.05, 0) is 25.1 Å². The van der Waals surface area contributed by atoms with Crippen molar-refractivity contribution in [2.45, 2.75) is 6.42 Å². The van der Waals surface area contributed by atoms with Gasteiger partial charge >= 0.3 is 0 Å². The van der Waals surface area contributed by atoms with Crippen LogP contribution in [0, 0.1) is 0 Å². The van der Waals surface area contributed by atoms with E-state index < -0.39 is 0 Å². The largest absolute Gasteiger partial charge is 0.493 e. The molecule has 0 saturated carbocycles. The Hall–Kier alpha value is -1.66. The number of nitrogens with zero attached hydrogens (tertiary/aromatic N) is 1. The van der Waals surface area contributed by atoms with Crippen LogP contribution in [-0.2, 0) is 0 Å². The summed E-state index contributed by atoms with van der Waals surface area (Å²) in [4.78, 5) is 14.6. The van der Waals surface area contributed by atoms with E-state index in [9.17, 15) is 4.79 Å². The van der Waals surface area contributed by atoms with Crippen LogP contribution in [0.15, 0.2) is 12.1 Å². The lowest BCUT2D eigenvalue weighted by Crippen LogP contribution is -2.34. The maximum atomic E-state index is 12.7. The fourth-order valence-electron chi connectivity index (χ4n) is 2.49. The summed E-state index contributed by atoms with van der Waals surface area (Å²) in [5.74, 6) is 1.36. The van der Waals surface area contributed by atoms with Crippen molar-refractivity contribution in [3.8, 4) is 17.2 Å². The Balaban J connectivity index is 0.00000242. The highest BCUT2D eigenvalue weighted by atomic mass is 35.5. The van der Waals surface area contributed by atoms with Crippen molar-refractivity contribution in [2.75, 3.05) is 47.5 Å². The van der Waals surface area contributed by atoms with Gasteiger partial charge in [0.05, 0.1) is 26.9 Å². The van der Waals surface area contributed by atoms with Gasteiger partial charge in [-0.1, -0.05) is 0 Å². The molecule has 6 nitrogen and oxygen atoms in total. The summed E-state index contributed by atoms with van der Waals surface area (Å²) >= 11 is 0. The van der Waals surface area contributed by atoms with Crippen molar-refractivity contribution in [3.05, 3.63) is 17.7 Å². The van der Waals surface area contributed by atoms with E-state index in [-0.39, 0.29) is 18.3 Å². The highest BCUT2D eigenvalue weighted by Crippen LogP contribution is 2.40. The van der Waals surface area contributed by atoms with Gasteiger partial charge in [0, 0.05) is 19.6 Å². The highest BCUT2D eigenvalue weighted by Gasteiger charge is 2.24. The Morgan fingerprint density at radius 1 is 1.05 bits per heavy atom. The van der Waals surface area contributed by atoms with E-state index in [0.717, 1.165) is 26.1 Å². The van der Waals surface area contributed by atoms with Crippen molar-refractivity contribution < 1.29 is 19.0 Å². The first-order valence-corrected chi connectivity index (χ1v) is 7.02. The molecular formula is C15H23ClN2O4. The molecule has 1 aliphatic heterocycles. The minimum Gasteiger partial charge on any atom is -0.493 e. The molecule has 1 saturated heterocycles. The average molecular weight is 331 g/mol. The van der Waals surface area contributed by atoms with E-state index in [1.165, 1.54) is 14.2 Å². The second-order valence-corrected chi connectivity index (χ2v) is 4.78. The van der Waals surface area contributed by atoms with Gasteiger partial charge in [0.1, 0.15) is 0 Å². The fraction of sp³-hybridized carbons (Fsp3) is 0.533. The molecule has 1 amide bonds. The minimum atomic E-state index is -0.0449. The lowest BCUT2D eigenvalue weighted by molar-refractivity contribution is 0.0762. The lowest BCUT2D eigenvalue weighted by Gasteiger charge is -2.22. The first kappa shape index (κ1) is 18.4. The first-order valence-electron chi connectivity index (χ1n) is 7.02. The zero-order valence-corrected chi connectivity index (χ0v) is 14.0. The molecule has 22 heavy (non-hydrogen) atoms. The summed E-state index contributed by atoms with van der Waals surface area (Å²) in [5, 5.41) is 3.28. The smallest absolute Gasteiger partial charge is 0.257 e. The summed E-state index contributed by atoms with van der Waals surface area (Å²) in [6, 6.07) is 3.45. The minimum absolute atomic E-state index is 0. The summed E-state index contributed by atoms with van der Waals surface area (Å²) in [6.45, 7) is 3.17. The van der Waals surface area contributed by atoms with Gasteiger partial charge in [-0.25, -0.2) is 0 Å². The molecule has 0 radical (unpaired) electrons. The van der Waals surface area contributed by atoms with Crippen LogP contribution in [0.4, 0.5) is 0 Å². The van der Waals surface area contributed by atoms with Crippen LogP contribution >= 0.6 is 12.4 Å². The Bertz CT molecular complexity index is 503. The number of hydrogen-bond donors (Lipinski definition) is 1. The van der Waals surface area contributed by atoms with Crippen LogP contribution in [0.3, 0.4) is 0 Å². The van der Waals surface area contributed by atoms with Crippen molar-refractivity contribution in [3.63, 3.8) is 0 Å². The summed E-state index contributed by atoms with van der Waals surface area (Å²) in [6.07, 6.45) is 0.946. The van der Waals surface area contributed by atoms with Crippen LogP contribution in [0.25, 0.3) is 0 Å². The van der Waals surface area contributed by atoms with Crippen LogP contribution in [0.5, 0.6) is 17.2 Å². The fourth-order valence-corrected chi connectivity index (χ4v) is 2.49. The number of amides is 1. The number of hydrogen-bond acceptors (Lipinski definition) is 5. The second kappa shape index (κ2) is 8.70. The highest BCUT2D eigenvalue weighted by molar-refractivity contribution is 5.98. The molecule has 1 fully saturated rings. The molecule has 0 bridgehead atoms. The number of rotatable bonds is 4.